The summed E-state index contributed by atoms with van der Waals surface area (Å²) in [4.78, 5) is 38.6. The minimum absolute atomic E-state index is 0.0703. The standard InChI is InChI=1S/C21H22N4O3/c26-19(11-13-24-20(27)16-8-4-5-9-17(16)21(24)28)23-18-10-12-22-25(18)14-15-6-2-1-3-7-15/h1-7,10,12,16-17H,8-9,11,13-14H2,(H,23,26). The lowest BCUT2D eigenvalue weighted by atomic mass is 9.85. The average Bonchev–Trinajstić information content (AvgIpc) is 3.24. The van der Waals surface area contributed by atoms with Gasteiger partial charge in [0.05, 0.1) is 24.6 Å². The van der Waals surface area contributed by atoms with Crippen LogP contribution in [0.15, 0.2) is 54.7 Å². The molecular weight excluding hydrogens is 356 g/mol. The number of imide groups is 1. The Labute approximate surface area is 163 Å². The normalized spacial score (nSPS) is 21.1. The van der Waals surface area contributed by atoms with Crippen LogP contribution in [0.3, 0.4) is 0 Å². The van der Waals surface area contributed by atoms with Gasteiger partial charge in [0.15, 0.2) is 0 Å². The van der Waals surface area contributed by atoms with Gasteiger partial charge in [0, 0.05) is 19.0 Å². The largest absolute Gasteiger partial charge is 0.311 e. The van der Waals surface area contributed by atoms with Crippen molar-refractivity contribution in [3.8, 4) is 0 Å². The Balaban J connectivity index is 1.34. The van der Waals surface area contributed by atoms with Gasteiger partial charge in [0.25, 0.3) is 0 Å². The molecule has 2 aromatic rings. The molecule has 0 saturated carbocycles. The fraction of sp³-hybridized carbons (Fsp3) is 0.333. The summed E-state index contributed by atoms with van der Waals surface area (Å²) in [6.45, 7) is 0.659. The Kier molecular flexibility index (Phi) is 5.06. The molecule has 0 bridgehead atoms. The summed E-state index contributed by atoms with van der Waals surface area (Å²) in [6.07, 6.45) is 6.82. The summed E-state index contributed by atoms with van der Waals surface area (Å²) < 4.78 is 1.71. The third-order valence-corrected chi connectivity index (χ3v) is 5.32. The number of carbonyl (C=O) groups is 3. The second kappa shape index (κ2) is 7.80. The molecule has 1 aromatic carbocycles. The van der Waals surface area contributed by atoms with E-state index < -0.39 is 0 Å². The maximum absolute atomic E-state index is 12.5. The van der Waals surface area contributed by atoms with Crippen LogP contribution in [0.1, 0.15) is 24.8 Å². The lowest BCUT2D eigenvalue weighted by Gasteiger charge is -2.15. The molecule has 2 heterocycles. The lowest BCUT2D eigenvalue weighted by molar-refractivity contribution is -0.140. The predicted octanol–water partition coefficient (Wildman–Crippen LogP) is 2.21. The van der Waals surface area contributed by atoms with E-state index >= 15 is 0 Å². The average molecular weight is 378 g/mol. The van der Waals surface area contributed by atoms with Gasteiger partial charge in [-0.15, -0.1) is 0 Å². The second-order valence-electron chi connectivity index (χ2n) is 7.14. The van der Waals surface area contributed by atoms with Gasteiger partial charge in [-0.25, -0.2) is 4.68 Å². The molecule has 7 nitrogen and oxygen atoms in total. The third kappa shape index (κ3) is 3.60. The highest BCUT2D eigenvalue weighted by Gasteiger charge is 2.46. The van der Waals surface area contributed by atoms with E-state index in [1.54, 1.807) is 16.9 Å². The van der Waals surface area contributed by atoms with Gasteiger partial charge in [0.1, 0.15) is 5.82 Å². The van der Waals surface area contributed by atoms with Gasteiger partial charge >= 0.3 is 0 Å². The molecule has 1 aliphatic carbocycles. The molecule has 7 heteroatoms. The monoisotopic (exact) mass is 378 g/mol. The highest BCUT2D eigenvalue weighted by molar-refractivity contribution is 6.05. The molecular formula is C21H22N4O3. The van der Waals surface area contributed by atoms with Crippen molar-refractivity contribution in [2.45, 2.75) is 25.8 Å². The number of anilines is 1. The number of allylic oxidation sites excluding steroid dienone is 2. The van der Waals surface area contributed by atoms with Crippen molar-refractivity contribution in [1.29, 1.82) is 0 Å². The van der Waals surface area contributed by atoms with Crippen molar-refractivity contribution in [1.82, 2.24) is 14.7 Å². The van der Waals surface area contributed by atoms with Crippen LogP contribution in [0.5, 0.6) is 0 Å². The lowest BCUT2D eigenvalue weighted by Crippen LogP contribution is -2.34. The van der Waals surface area contributed by atoms with Crippen molar-refractivity contribution in [3.63, 3.8) is 0 Å². The Morgan fingerprint density at radius 3 is 2.39 bits per heavy atom. The first-order valence-corrected chi connectivity index (χ1v) is 9.49. The van der Waals surface area contributed by atoms with Crippen molar-refractivity contribution in [2.75, 3.05) is 11.9 Å². The zero-order valence-corrected chi connectivity index (χ0v) is 15.5. The Hall–Kier alpha value is -3.22. The predicted molar refractivity (Wildman–Crippen MR) is 103 cm³/mol. The maximum atomic E-state index is 12.5. The van der Waals surface area contributed by atoms with Gasteiger partial charge in [-0.3, -0.25) is 19.3 Å². The van der Waals surface area contributed by atoms with Crippen molar-refractivity contribution in [2.24, 2.45) is 11.8 Å². The number of benzene rings is 1. The van der Waals surface area contributed by atoms with Crippen LogP contribution in [0.4, 0.5) is 5.82 Å². The Morgan fingerprint density at radius 1 is 1.04 bits per heavy atom. The molecule has 4 rings (SSSR count). The molecule has 1 fully saturated rings. The van der Waals surface area contributed by atoms with E-state index in [1.165, 1.54) is 4.90 Å². The molecule has 0 radical (unpaired) electrons. The molecule has 1 aromatic heterocycles. The fourth-order valence-electron chi connectivity index (χ4n) is 3.83. The van der Waals surface area contributed by atoms with Gasteiger partial charge in [-0.1, -0.05) is 42.5 Å². The van der Waals surface area contributed by atoms with E-state index in [0.29, 0.717) is 25.2 Å². The number of hydrogen-bond acceptors (Lipinski definition) is 4. The van der Waals surface area contributed by atoms with Crippen LogP contribution >= 0.6 is 0 Å². The van der Waals surface area contributed by atoms with E-state index in [-0.39, 0.29) is 42.5 Å². The summed E-state index contributed by atoms with van der Waals surface area (Å²) in [7, 11) is 0. The van der Waals surface area contributed by atoms with Crippen molar-refractivity contribution < 1.29 is 14.4 Å². The molecule has 2 atom stereocenters. The smallest absolute Gasteiger partial charge is 0.233 e. The van der Waals surface area contributed by atoms with Crippen LogP contribution in [-0.2, 0) is 20.9 Å². The quantitative estimate of drug-likeness (QED) is 0.617. The molecule has 0 spiro atoms. The van der Waals surface area contributed by atoms with E-state index in [0.717, 1.165) is 5.56 Å². The highest BCUT2D eigenvalue weighted by Crippen LogP contribution is 2.35. The number of fused-ring (bicyclic) bond motifs is 1. The zero-order valence-electron chi connectivity index (χ0n) is 15.5. The van der Waals surface area contributed by atoms with Crippen LogP contribution in [0.2, 0.25) is 0 Å². The number of aromatic nitrogens is 2. The first-order valence-electron chi connectivity index (χ1n) is 9.49. The van der Waals surface area contributed by atoms with E-state index in [4.69, 9.17) is 0 Å². The minimum Gasteiger partial charge on any atom is -0.311 e. The summed E-state index contributed by atoms with van der Waals surface area (Å²) in [5.41, 5.74) is 1.08. The molecule has 2 aliphatic rings. The van der Waals surface area contributed by atoms with E-state index in [9.17, 15) is 14.4 Å². The fourth-order valence-corrected chi connectivity index (χ4v) is 3.83. The number of nitrogens with one attached hydrogen (secondary N) is 1. The molecule has 1 aliphatic heterocycles. The second-order valence-corrected chi connectivity index (χ2v) is 7.14. The van der Waals surface area contributed by atoms with Crippen molar-refractivity contribution in [3.05, 3.63) is 60.3 Å². The van der Waals surface area contributed by atoms with E-state index in [1.807, 2.05) is 42.5 Å². The third-order valence-electron chi connectivity index (χ3n) is 5.32. The molecule has 1 saturated heterocycles. The van der Waals surface area contributed by atoms with Crippen LogP contribution in [0.25, 0.3) is 0 Å². The number of nitrogens with zero attached hydrogens (tertiary/aromatic N) is 3. The van der Waals surface area contributed by atoms with Gasteiger partial charge in [0.2, 0.25) is 17.7 Å². The topological polar surface area (TPSA) is 84.3 Å². The van der Waals surface area contributed by atoms with Gasteiger partial charge < -0.3 is 5.32 Å². The maximum Gasteiger partial charge on any atom is 0.233 e. The summed E-state index contributed by atoms with van der Waals surface area (Å²) in [5.74, 6) is -0.475. The first-order chi connectivity index (χ1) is 13.6. The number of carbonyl (C=O) groups excluding carboxylic acids is 3. The van der Waals surface area contributed by atoms with Crippen LogP contribution in [-0.4, -0.2) is 38.9 Å². The number of hydrogen-bond donors (Lipinski definition) is 1. The van der Waals surface area contributed by atoms with Crippen LogP contribution in [0, 0.1) is 11.8 Å². The van der Waals surface area contributed by atoms with Gasteiger partial charge in [-0.2, -0.15) is 5.10 Å². The van der Waals surface area contributed by atoms with E-state index in [2.05, 4.69) is 10.4 Å². The van der Waals surface area contributed by atoms with Gasteiger partial charge in [-0.05, 0) is 18.4 Å². The number of likely N-dealkylation sites (tertiary alicyclic amines) is 1. The Morgan fingerprint density at radius 2 is 1.71 bits per heavy atom. The van der Waals surface area contributed by atoms with Crippen LogP contribution < -0.4 is 5.32 Å². The molecule has 28 heavy (non-hydrogen) atoms. The Bertz CT molecular complexity index is 893. The number of amides is 3. The van der Waals surface area contributed by atoms with Crippen molar-refractivity contribution >= 4 is 23.5 Å². The minimum atomic E-state index is -0.257. The molecule has 3 amide bonds. The number of rotatable bonds is 6. The summed E-state index contributed by atoms with van der Waals surface area (Å²) in [6, 6.07) is 11.6. The summed E-state index contributed by atoms with van der Waals surface area (Å²) in [5, 5.41) is 7.08. The molecule has 1 N–H and O–H groups in total. The highest BCUT2D eigenvalue weighted by atomic mass is 16.2. The SMILES string of the molecule is O=C(CCN1C(=O)C2CC=CCC2C1=O)Nc1ccnn1Cc1ccccc1. The zero-order chi connectivity index (χ0) is 19.5. The molecule has 2 unspecified atom stereocenters. The summed E-state index contributed by atoms with van der Waals surface area (Å²) >= 11 is 0. The first kappa shape index (κ1) is 18.2. The molecule has 144 valence electrons.